The Morgan fingerprint density at radius 2 is 1.67 bits per heavy atom. The second-order valence-electron chi connectivity index (χ2n) is 7.37. The number of ether oxygens (including phenoxy) is 3. The number of benzene rings is 2. The summed E-state index contributed by atoms with van der Waals surface area (Å²) in [6.07, 6.45) is 0.917. The molecule has 0 bridgehead atoms. The van der Waals surface area contributed by atoms with Crippen LogP contribution in [0.15, 0.2) is 47.4 Å². The molecule has 0 aromatic heterocycles. The van der Waals surface area contributed by atoms with E-state index in [0.717, 1.165) is 4.90 Å². The minimum Gasteiger partial charge on any atom is -0.490 e. The maximum absolute atomic E-state index is 12.5. The lowest BCUT2D eigenvalue weighted by Crippen LogP contribution is -2.33. The molecule has 0 unspecified atom stereocenters. The van der Waals surface area contributed by atoms with Crippen LogP contribution >= 0.6 is 0 Å². The molecular weight excluding hydrogens is 452 g/mol. The first kappa shape index (κ1) is 22.7. The molecule has 1 N–H and O–H groups in total. The van der Waals surface area contributed by atoms with Gasteiger partial charge in [-0.2, -0.15) is 4.72 Å². The van der Waals surface area contributed by atoms with Crippen molar-refractivity contribution in [2.45, 2.75) is 17.7 Å². The average molecular weight is 474 g/mol. The summed E-state index contributed by atoms with van der Waals surface area (Å²) in [4.78, 5) is 37.6. The van der Waals surface area contributed by atoms with Crippen molar-refractivity contribution in [3.05, 3.63) is 53.6 Å². The summed E-state index contributed by atoms with van der Waals surface area (Å²) in [6.45, 7) is 0.345. The van der Waals surface area contributed by atoms with Crippen molar-refractivity contribution in [3.8, 4) is 11.5 Å². The number of carbonyl (C=O) groups is 3. The Bertz CT molecular complexity index is 1160. The van der Waals surface area contributed by atoms with Crippen molar-refractivity contribution in [2.24, 2.45) is 0 Å². The smallest absolute Gasteiger partial charge is 0.321 e. The number of nitrogens with zero attached hydrogens (tertiary/aromatic N) is 1. The van der Waals surface area contributed by atoms with Crippen LogP contribution in [0, 0.1) is 0 Å². The van der Waals surface area contributed by atoms with Crippen LogP contribution < -0.4 is 14.2 Å². The number of rotatable bonds is 8. The van der Waals surface area contributed by atoms with E-state index in [-0.39, 0.29) is 36.3 Å². The third-order valence-corrected chi connectivity index (χ3v) is 6.50. The van der Waals surface area contributed by atoms with Crippen LogP contribution in [0.3, 0.4) is 0 Å². The number of carbonyl (C=O) groups excluding carboxylic acids is 3. The Morgan fingerprint density at radius 1 is 1.00 bits per heavy atom. The van der Waals surface area contributed by atoms with Crippen LogP contribution in [-0.2, 0) is 19.6 Å². The summed E-state index contributed by atoms with van der Waals surface area (Å²) < 4.78 is 43.2. The molecule has 174 valence electrons. The lowest BCUT2D eigenvalue weighted by molar-refractivity contribution is -0.142. The van der Waals surface area contributed by atoms with Crippen molar-refractivity contribution in [3.63, 3.8) is 0 Å². The monoisotopic (exact) mass is 474 g/mol. The Labute approximate surface area is 190 Å². The maximum atomic E-state index is 12.5. The summed E-state index contributed by atoms with van der Waals surface area (Å²) >= 11 is 0. The number of imide groups is 1. The van der Waals surface area contributed by atoms with Crippen molar-refractivity contribution in [1.29, 1.82) is 0 Å². The molecular formula is C22H22N2O8S. The zero-order valence-electron chi connectivity index (χ0n) is 17.6. The molecule has 0 aliphatic carbocycles. The van der Waals surface area contributed by atoms with E-state index in [9.17, 15) is 22.8 Å². The predicted octanol–water partition coefficient (Wildman–Crippen LogP) is 1.36. The molecule has 0 spiro atoms. The first-order chi connectivity index (χ1) is 15.9. The molecule has 2 heterocycles. The Balaban J connectivity index is 1.23. The second kappa shape index (κ2) is 9.59. The van der Waals surface area contributed by atoms with Gasteiger partial charge in [-0.1, -0.05) is 12.1 Å². The van der Waals surface area contributed by atoms with E-state index in [1.807, 2.05) is 0 Å². The van der Waals surface area contributed by atoms with Crippen LogP contribution in [-0.4, -0.2) is 64.0 Å². The molecule has 4 rings (SSSR count). The van der Waals surface area contributed by atoms with Gasteiger partial charge in [0.2, 0.25) is 10.0 Å². The molecule has 0 radical (unpaired) electrons. The van der Waals surface area contributed by atoms with Crippen molar-refractivity contribution in [1.82, 2.24) is 9.62 Å². The van der Waals surface area contributed by atoms with Gasteiger partial charge in [0, 0.05) is 19.0 Å². The Hall–Kier alpha value is -3.44. The SMILES string of the molecule is O=C(CNS(=O)(=O)c1ccc2c(c1)OCCCO2)OCCCN1C(=O)c2ccccc2C1=O. The molecule has 2 aromatic carbocycles. The van der Waals surface area contributed by atoms with Crippen LogP contribution in [0.25, 0.3) is 0 Å². The Kier molecular flexibility index (Phi) is 6.61. The summed E-state index contributed by atoms with van der Waals surface area (Å²) in [6, 6.07) is 10.8. The largest absolute Gasteiger partial charge is 0.490 e. The maximum Gasteiger partial charge on any atom is 0.321 e. The van der Waals surface area contributed by atoms with E-state index in [1.165, 1.54) is 18.2 Å². The van der Waals surface area contributed by atoms with E-state index in [0.29, 0.717) is 42.3 Å². The molecule has 11 heteroatoms. The summed E-state index contributed by atoms with van der Waals surface area (Å²) in [7, 11) is -3.97. The van der Waals surface area contributed by atoms with Crippen molar-refractivity contribution in [2.75, 3.05) is 32.9 Å². The van der Waals surface area contributed by atoms with Gasteiger partial charge >= 0.3 is 5.97 Å². The van der Waals surface area contributed by atoms with Gasteiger partial charge in [0.1, 0.15) is 6.54 Å². The van der Waals surface area contributed by atoms with E-state index in [1.54, 1.807) is 24.3 Å². The van der Waals surface area contributed by atoms with E-state index < -0.39 is 22.5 Å². The zero-order valence-corrected chi connectivity index (χ0v) is 18.4. The number of fused-ring (bicyclic) bond motifs is 2. The highest BCUT2D eigenvalue weighted by atomic mass is 32.2. The molecule has 10 nitrogen and oxygen atoms in total. The fourth-order valence-electron chi connectivity index (χ4n) is 3.45. The lowest BCUT2D eigenvalue weighted by Gasteiger charge is -2.14. The molecule has 0 saturated heterocycles. The van der Waals surface area contributed by atoms with E-state index in [2.05, 4.69) is 4.72 Å². The predicted molar refractivity (Wildman–Crippen MR) is 115 cm³/mol. The van der Waals surface area contributed by atoms with Crippen molar-refractivity contribution >= 4 is 27.8 Å². The summed E-state index contributed by atoms with van der Waals surface area (Å²) in [5.74, 6) is -0.764. The average Bonchev–Trinajstić information content (AvgIpc) is 2.97. The number of nitrogens with one attached hydrogen (secondary N) is 1. The van der Waals surface area contributed by atoms with Crippen LogP contribution in [0.2, 0.25) is 0 Å². The third-order valence-electron chi connectivity index (χ3n) is 5.10. The molecule has 0 saturated carbocycles. The van der Waals surface area contributed by atoms with Gasteiger partial charge < -0.3 is 14.2 Å². The highest BCUT2D eigenvalue weighted by molar-refractivity contribution is 7.89. The minimum absolute atomic E-state index is 0.0647. The molecule has 33 heavy (non-hydrogen) atoms. The lowest BCUT2D eigenvalue weighted by atomic mass is 10.1. The van der Waals surface area contributed by atoms with Crippen LogP contribution in [0.1, 0.15) is 33.6 Å². The third kappa shape index (κ3) is 4.99. The summed E-state index contributed by atoms with van der Waals surface area (Å²) in [5.41, 5.74) is 0.701. The van der Waals surface area contributed by atoms with Gasteiger partial charge in [-0.05, 0) is 30.7 Å². The number of hydrogen-bond acceptors (Lipinski definition) is 8. The van der Waals surface area contributed by atoms with Crippen LogP contribution in [0.4, 0.5) is 0 Å². The Morgan fingerprint density at radius 3 is 2.36 bits per heavy atom. The summed E-state index contributed by atoms with van der Waals surface area (Å²) in [5, 5.41) is 0. The number of hydrogen-bond donors (Lipinski definition) is 1. The molecule has 0 fully saturated rings. The molecule has 2 aromatic rings. The number of sulfonamides is 1. The zero-order chi connectivity index (χ0) is 23.4. The van der Waals surface area contributed by atoms with Gasteiger partial charge in [0.15, 0.2) is 11.5 Å². The first-order valence-corrected chi connectivity index (χ1v) is 11.9. The van der Waals surface area contributed by atoms with Gasteiger partial charge in [0.05, 0.1) is 35.8 Å². The molecule has 2 amide bonds. The van der Waals surface area contributed by atoms with Crippen LogP contribution in [0.5, 0.6) is 11.5 Å². The van der Waals surface area contributed by atoms with Gasteiger partial charge in [-0.3, -0.25) is 19.3 Å². The van der Waals surface area contributed by atoms with Crippen molar-refractivity contribution < 1.29 is 37.0 Å². The normalized spacial score (nSPS) is 15.2. The number of amides is 2. The minimum atomic E-state index is -3.97. The first-order valence-electron chi connectivity index (χ1n) is 10.4. The standard InChI is InChI=1S/C22H22N2O8S/c25-20(32-10-3-9-24-21(26)16-5-1-2-6-17(16)22(24)27)14-23-33(28,29)15-7-8-18-19(13-15)31-12-4-11-30-18/h1-2,5-8,13,23H,3-4,9-12,14H2. The van der Waals surface area contributed by atoms with E-state index >= 15 is 0 Å². The molecule has 0 atom stereocenters. The van der Waals surface area contributed by atoms with E-state index in [4.69, 9.17) is 14.2 Å². The van der Waals surface area contributed by atoms with Gasteiger partial charge in [0.25, 0.3) is 11.8 Å². The molecule has 2 aliphatic heterocycles. The van der Waals surface area contributed by atoms with Gasteiger partial charge in [-0.15, -0.1) is 0 Å². The van der Waals surface area contributed by atoms with Gasteiger partial charge in [-0.25, -0.2) is 8.42 Å². The highest BCUT2D eigenvalue weighted by Crippen LogP contribution is 2.31. The number of esters is 1. The quantitative estimate of drug-likeness (QED) is 0.345. The molecule has 2 aliphatic rings. The topological polar surface area (TPSA) is 128 Å². The fourth-order valence-corrected chi connectivity index (χ4v) is 4.43. The second-order valence-corrected chi connectivity index (χ2v) is 9.13. The fraction of sp³-hybridized carbons (Fsp3) is 0.318. The highest BCUT2D eigenvalue weighted by Gasteiger charge is 2.34.